The van der Waals surface area contributed by atoms with Crippen LogP contribution in [0.3, 0.4) is 0 Å². The molecule has 0 fully saturated rings. The summed E-state index contributed by atoms with van der Waals surface area (Å²) < 4.78 is 5.70. The Kier molecular flexibility index (Phi) is 5.73. The number of hydrogen-bond acceptors (Lipinski definition) is 7. The van der Waals surface area contributed by atoms with Gasteiger partial charge in [0.25, 0.3) is 5.91 Å². The van der Waals surface area contributed by atoms with Crippen LogP contribution in [0.2, 0.25) is 0 Å². The highest BCUT2D eigenvalue weighted by Crippen LogP contribution is 2.30. The third kappa shape index (κ3) is 4.47. The molecule has 7 nitrogen and oxygen atoms in total. The highest BCUT2D eigenvalue weighted by atomic mass is 32.1. The number of hydrogen-bond donors (Lipinski definition) is 2. The van der Waals surface area contributed by atoms with Gasteiger partial charge in [0, 0.05) is 17.9 Å². The number of aryl methyl sites for hydroxylation is 1. The molecule has 0 saturated carbocycles. The summed E-state index contributed by atoms with van der Waals surface area (Å²) in [7, 11) is 0. The minimum atomic E-state index is -0.237. The van der Waals surface area contributed by atoms with E-state index in [2.05, 4.69) is 20.6 Å². The summed E-state index contributed by atoms with van der Waals surface area (Å²) in [6.45, 7) is 3.59. The van der Waals surface area contributed by atoms with Crippen LogP contribution in [0.4, 0.5) is 5.13 Å². The zero-order chi connectivity index (χ0) is 21.1. The molecule has 0 aliphatic heterocycles. The van der Waals surface area contributed by atoms with Crippen molar-refractivity contribution in [3.63, 3.8) is 0 Å². The number of carbonyl (C=O) groups excluding carboxylic acids is 2. The molecule has 0 spiro atoms. The molecule has 3 aromatic heterocycles. The molecule has 0 radical (unpaired) electrons. The van der Waals surface area contributed by atoms with Crippen molar-refractivity contribution in [2.45, 2.75) is 20.4 Å². The van der Waals surface area contributed by atoms with E-state index in [4.69, 9.17) is 4.42 Å². The molecule has 0 atom stereocenters. The Morgan fingerprint density at radius 2 is 1.90 bits per heavy atom. The van der Waals surface area contributed by atoms with Gasteiger partial charge in [-0.1, -0.05) is 30.3 Å². The molecule has 1 aromatic carbocycles. The average Bonchev–Trinajstić information content (AvgIpc) is 3.46. The SMILES string of the molecule is CC(=O)NCc1ccc(-c2csc(NC(=O)c3sc(-c4ccccc4)nc3C)n2)o1. The fraction of sp³-hybridized carbons (Fsp3) is 0.143. The summed E-state index contributed by atoms with van der Waals surface area (Å²) in [4.78, 5) is 33.3. The molecule has 152 valence electrons. The standard InChI is InChI=1S/C21H18N4O3S2/c1-12-18(30-20(23-12)14-6-4-3-5-7-14)19(27)25-21-24-16(11-29-21)17-9-8-15(28-17)10-22-13(2)26/h3-9,11H,10H2,1-2H3,(H,22,26)(H,24,25,27). The van der Waals surface area contributed by atoms with E-state index in [1.54, 1.807) is 12.1 Å². The van der Waals surface area contributed by atoms with E-state index < -0.39 is 0 Å². The lowest BCUT2D eigenvalue weighted by Crippen LogP contribution is -2.18. The van der Waals surface area contributed by atoms with E-state index in [0.717, 1.165) is 10.6 Å². The largest absolute Gasteiger partial charge is 0.458 e. The lowest BCUT2D eigenvalue weighted by Gasteiger charge is -1.99. The maximum absolute atomic E-state index is 12.7. The maximum atomic E-state index is 12.7. The summed E-state index contributed by atoms with van der Waals surface area (Å²) in [5.41, 5.74) is 2.28. The van der Waals surface area contributed by atoms with E-state index >= 15 is 0 Å². The summed E-state index contributed by atoms with van der Waals surface area (Å²) in [6.07, 6.45) is 0. The zero-order valence-electron chi connectivity index (χ0n) is 16.3. The normalized spacial score (nSPS) is 10.7. The van der Waals surface area contributed by atoms with E-state index in [9.17, 15) is 9.59 Å². The van der Waals surface area contributed by atoms with E-state index in [0.29, 0.717) is 39.5 Å². The highest BCUT2D eigenvalue weighted by molar-refractivity contribution is 7.17. The zero-order valence-corrected chi connectivity index (χ0v) is 17.9. The van der Waals surface area contributed by atoms with Gasteiger partial charge in [-0.25, -0.2) is 9.97 Å². The Hall–Kier alpha value is -3.30. The van der Waals surface area contributed by atoms with Crippen molar-refractivity contribution < 1.29 is 14.0 Å². The summed E-state index contributed by atoms with van der Waals surface area (Å²) in [5, 5.41) is 8.62. The number of thiazole rings is 2. The first kappa shape index (κ1) is 20.0. The summed E-state index contributed by atoms with van der Waals surface area (Å²) in [6, 6.07) is 13.3. The topological polar surface area (TPSA) is 97.1 Å². The second kappa shape index (κ2) is 8.60. The lowest BCUT2D eigenvalue weighted by molar-refractivity contribution is -0.119. The third-order valence-corrected chi connectivity index (χ3v) is 6.14. The van der Waals surface area contributed by atoms with Crippen LogP contribution in [-0.2, 0) is 11.3 Å². The molecule has 2 N–H and O–H groups in total. The Bertz CT molecular complexity index is 1190. The number of carbonyl (C=O) groups is 2. The fourth-order valence-corrected chi connectivity index (χ4v) is 4.39. The number of amides is 2. The second-order valence-electron chi connectivity index (χ2n) is 6.47. The number of anilines is 1. The van der Waals surface area contributed by atoms with Gasteiger partial charge in [-0.2, -0.15) is 0 Å². The van der Waals surface area contributed by atoms with Gasteiger partial charge < -0.3 is 9.73 Å². The van der Waals surface area contributed by atoms with Gasteiger partial charge >= 0.3 is 0 Å². The predicted octanol–water partition coefficient (Wildman–Crippen LogP) is 4.72. The quantitative estimate of drug-likeness (QED) is 0.454. The molecule has 4 aromatic rings. The smallest absolute Gasteiger partial charge is 0.269 e. The van der Waals surface area contributed by atoms with Crippen molar-refractivity contribution in [3.05, 3.63) is 64.2 Å². The van der Waals surface area contributed by atoms with Crippen LogP contribution in [0, 0.1) is 6.92 Å². The maximum Gasteiger partial charge on any atom is 0.269 e. The molecule has 0 aliphatic rings. The van der Waals surface area contributed by atoms with Gasteiger partial charge in [-0.3, -0.25) is 14.9 Å². The highest BCUT2D eigenvalue weighted by Gasteiger charge is 2.18. The Balaban J connectivity index is 1.46. The molecular formula is C21H18N4O3S2. The van der Waals surface area contributed by atoms with Crippen LogP contribution in [0.1, 0.15) is 28.0 Å². The first-order valence-corrected chi connectivity index (χ1v) is 10.8. The molecule has 9 heteroatoms. The molecule has 30 heavy (non-hydrogen) atoms. The second-order valence-corrected chi connectivity index (χ2v) is 8.32. The van der Waals surface area contributed by atoms with Crippen LogP contribution >= 0.6 is 22.7 Å². The van der Waals surface area contributed by atoms with Gasteiger partial charge in [0.15, 0.2) is 10.9 Å². The Labute approximate surface area is 180 Å². The predicted molar refractivity (Wildman–Crippen MR) is 118 cm³/mol. The van der Waals surface area contributed by atoms with Crippen molar-refractivity contribution >= 4 is 39.6 Å². The molecule has 0 bridgehead atoms. The monoisotopic (exact) mass is 438 g/mol. The Morgan fingerprint density at radius 3 is 2.67 bits per heavy atom. The van der Waals surface area contributed by atoms with Crippen LogP contribution < -0.4 is 10.6 Å². The van der Waals surface area contributed by atoms with E-state index in [1.165, 1.54) is 29.6 Å². The van der Waals surface area contributed by atoms with Crippen molar-refractivity contribution in [1.82, 2.24) is 15.3 Å². The Morgan fingerprint density at radius 1 is 1.10 bits per heavy atom. The molecular weight excluding hydrogens is 420 g/mol. The number of rotatable bonds is 6. The molecule has 2 amide bonds. The van der Waals surface area contributed by atoms with Gasteiger partial charge in [0.2, 0.25) is 5.91 Å². The van der Waals surface area contributed by atoms with Crippen molar-refractivity contribution in [2.24, 2.45) is 0 Å². The third-order valence-electron chi connectivity index (χ3n) is 4.17. The van der Waals surface area contributed by atoms with Crippen LogP contribution in [0.5, 0.6) is 0 Å². The van der Waals surface area contributed by atoms with Gasteiger partial charge in [-0.05, 0) is 19.1 Å². The van der Waals surface area contributed by atoms with Crippen molar-refractivity contribution in [2.75, 3.05) is 5.32 Å². The van der Waals surface area contributed by atoms with E-state index in [1.807, 2.05) is 42.6 Å². The first-order valence-electron chi connectivity index (χ1n) is 9.13. The van der Waals surface area contributed by atoms with Gasteiger partial charge in [0.05, 0.1) is 12.2 Å². The van der Waals surface area contributed by atoms with Crippen molar-refractivity contribution in [1.29, 1.82) is 0 Å². The van der Waals surface area contributed by atoms with Gasteiger partial charge in [-0.15, -0.1) is 22.7 Å². The van der Waals surface area contributed by atoms with Crippen molar-refractivity contribution in [3.8, 4) is 22.0 Å². The molecule has 0 saturated heterocycles. The first-order chi connectivity index (χ1) is 14.5. The number of aromatic nitrogens is 2. The van der Waals surface area contributed by atoms with Crippen LogP contribution in [-0.4, -0.2) is 21.8 Å². The fourth-order valence-electron chi connectivity index (χ4n) is 2.73. The average molecular weight is 439 g/mol. The van der Waals surface area contributed by atoms with E-state index in [-0.39, 0.29) is 11.8 Å². The number of furan rings is 1. The molecule has 0 aliphatic carbocycles. The number of benzene rings is 1. The minimum Gasteiger partial charge on any atom is -0.458 e. The summed E-state index contributed by atoms with van der Waals surface area (Å²) >= 11 is 2.67. The number of nitrogens with one attached hydrogen (secondary N) is 2. The molecule has 4 rings (SSSR count). The van der Waals surface area contributed by atoms with Crippen LogP contribution in [0.15, 0.2) is 52.3 Å². The van der Waals surface area contributed by atoms with Crippen LogP contribution in [0.25, 0.3) is 22.0 Å². The summed E-state index contributed by atoms with van der Waals surface area (Å²) in [5.74, 6) is 0.846. The number of nitrogens with zero attached hydrogens (tertiary/aromatic N) is 2. The minimum absolute atomic E-state index is 0.125. The molecule has 0 unspecified atom stereocenters. The van der Waals surface area contributed by atoms with Gasteiger partial charge in [0.1, 0.15) is 21.3 Å². The molecule has 3 heterocycles. The lowest BCUT2D eigenvalue weighted by atomic mass is 10.2.